The summed E-state index contributed by atoms with van der Waals surface area (Å²) in [6.07, 6.45) is -0.175. The summed E-state index contributed by atoms with van der Waals surface area (Å²) in [5.41, 5.74) is 6.36. The van der Waals surface area contributed by atoms with Crippen LogP contribution in [0.25, 0.3) is 0 Å². The highest BCUT2D eigenvalue weighted by atomic mass is 16.5. The molecule has 6 heteroatoms. The van der Waals surface area contributed by atoms with E-state index in [1.165, 1.54) is 0 Å². The molecule has 0 aromatic carbocycles. The average molecular weight is 267 g/mol. The van der Waals surface area contributed by atoms with Gasteiger partial charge in [0.05, 0.1) is 37.7 Å². The molecule has 0 aliphatic carbocycles. The Bertz CT molecular complexity index is 428. The van der Waals surface area contributed by atoms with Gasteiger partial charge in [0, 0.05) is 6.54 Å². The van der Waals surface area contributed by atoms with E-state index in [-0.39, 0.29) is 18.8 Å². The Morgan fingerprint density at radius 1 is 1.58 bits per heavy atom. The van der Waals surface area contributed by atoms with Crippen molar-refractivity contribution in [1.82, 2.24) is 4.98 Å². The minimum atomic E-state index is -0.175. The van der Waals surface area contributed by atoms with Crippen LogP contribution < -0.4 is 15.4 Å². The van der Waals surface area contributed by atoms with Crippen molar-refractivity contribution in [2.45, 2.75) is 26.0 Å². The zero-order valence-corrected chi connectivity index (χ0v) is 11.4. The van der Waals surface area contributed by atoms with E-state index in [2.05, 4.69) is 16.8 Å². The molecular weight excluding hydrogens is 246 g/mol. The van der Waals surface area contributed by atoms with Gasteiger partial charge < -0.3 is 25.2 Å². The molecule has 0 amide bonds. The number of aromatic nitrogens is 1. The average Bonchev–Trinajstić information content (AvgIpc) is 2.42. The van der Waals surface area contributed by atoms with E-state index in [9.17, 15) is 5.11 Å². The maximum absolute atomic E-state index is 9.21. The Hall–Kier alpha value is -1.53. The fourth-order valence-corrected chi connectivity index (χ4v) is 2.10. The molecule has 2 rings (SSSR count). The van der Waals surface area contributed by atoms with Crippen LogP contribution in [0.15, 0.2) is 12.1 Å². The molecular formula is C13H21N3O3. The summed E-state index contributed by atoms with van der Waals surface area (Å²) < 4.78 is 10.9. The van der Waals surface area contributed by atoms with Crippen molar-refractivity contribution in [3.05, 3.63) is 12.1 Å². The van der Waals surface area contributed by atoms with Crippen LogP contribution in [-0.2, 0) is 4.74 Å². The van der Waals surface area contributed by atoms with Gasteiger partial charge in [-0.3, -0.25) is 0 Å². The predicted molar refractivity (Wildman–Crippen MR) is 73.5 cm³/mol. The number of anilines is 2. The van der Waals surface area contributed by atoms with Crippen LogP contribution in [-0.4, -0.2) is 48.6 Å². The molecule has 106 valence electrons. The summed E-state index contributed by atoms with van der Waals surface area (Å²) in [7, 11) is 0. The van der Waals surface area contributed by atoms with Crippen molar-refractivity contribution in [3.63, 3.8) is 0 Å². The molecule has 1 fully saturated rings. The first-order chi connectivity index (χ1) is 9.15. The molecule has 1 aliphatic heterocycles. The first kappa shape index (κ1) is 13.9. The molecule has 0 saturated carbocycles. The van der Waals surface area contributed by atoms with Gasteiger partial charge in [-0.2, -0.15) is 4.98 Å². The summed E-state index contributed by atoms with van der Waals surface area (Å²) in [5.74, 6) is 1.26. The van der Waals surface area contributed by atoms with E-state index in [1.54, 1.807) is 6.07 Å². The van der Waals surface area contributed by atoms with E-state index in [4.69, 9.17) is 15.2 Å². The van der Waals surface area contributed by atoms with Crippen molar-refractivity contribution >= 4 is 11.5 Å². The van der Waals surface area contributed by atoms with Crippen LogP contribution in [0.2, 0.25) is 0 Å². The highest BCUT2D eigenvalue weighted by molar-refractivity contribution is 5.55. The zero-order chi connectivity index (χ0) is 13.8. The normalized spacial score (nSPS) is 23.4. The number of pyridine rings is 1. The number of nitrogen functional groups attached to an aromatic ring is 1. The zero-order valence-electron chi connectivity index (χ0n) is 11.4. The lowest BCUT2D eigenvalue weighted by Gasteiger charge is -2.38. The van der Waals surface area contributed by atoms with Gasteiger partial charge in [0.25, 0.3) is 0 Å². The second-order valence-corrected chi connectivity index (χ2v) is 4.64. The first-order valence-corrected chi connectivity index (χ1v) is 6.54. The molecule has 6 nitrogen and oxygen atoms in total. The number of rotatable bonds is 4. The molecule has 2 atom stereocenters. The van der Waals surface area contributed by atoms with Crippen molar-refractivity contribution in [1.29, 1.82) is 0 Å². The fourth-order valence-electron chi connectivity index (χ4n) is 2.10. The van der Waals surface area contributed by atoms with Gasteiger partial charge in [-0.25, -0.2) is 0 Å². The standard InChI is InChI=1S/C13H21N3O3/c1-3-18-13-11(14)4-5-12(15-13)16-6-10(7-17)19-8-9(16)2/h4-5,9-10,17H,3,6-8,14H2,1-2H3. The minimum absolute atomic E-state index is 0.0104. The van der Waals surface area contributed by atoms with Crippen LogP contribution >= 0.6 is 0 Å². The number of hydrogen-bond donors (Lipinski definition) is 2. The molecule has 0 radical (unpaired) electrons. The topological polar surface area (TPSA) is 80.8 Å². The molecule has 1 aliphatic rings. The second kappa shape index (κ2) is 6.08. The van der Waals surface area contributed by atoms with E-state index in [0.29, 0.717) is 31.3 Å². The first-order valence-electron chi connectivity index (χ1n) is 6.54. The quantitative estimate of drug-likeness (QED) is 0.833. The largest absolute Gasteiger partial charge is 0.476 e. The Morgan fingerprint density at radius 3 is 3.05 bits per heavy atom. The van der Waals surface area contributed by atoms with Crippen molar-refractivity contribution in [3.8, 4) is 5.88 Å². The third-order valence-corrected chi connectivity index (χ3v) is 3.16. The highest BCUT2D eigenvalue weighted by Crippen LogP contribution is 2.26. The molecule has 3 N–H and O–H groups in total. The third kappa shape index (κ3) is 3.08. The van der Waals surface area contributed by atoms with Crippen molar-refractivity contribution < 1.29 is 14.6 Å². The number of aliphatic hydroxyl groups is 1. The lowest BCUT2D eigenvalue weighted by atomic mass is 10.2. The predicted octanol–water partition coefficient (Wildman–Crippen LogP) is 0.648. The SMILES string of the molecule is CCOc1nc(N2CC(CO)OCC2C)ccc1N. The van der Waals surface area contributed by atoms with Gasteiger partial charge in [-0.05, 0) is 26.0 Å². The van der Waals surface area contributed by atoms with Crippen molar-refractivity contribution in [2.75, 3.05) is 37.0 Å². The molecule has 1 aromatic heterocycles. The van der Waals surface area contributed by atoms with Crippen LogP contribution in [0.5, 0.6) is 5.88 Å². The number of aliphatic hydroxyl groups excluding tert-OH is 1. The van der Waals surface area contributed by atoms with Gasteiger partial charge in [0.1, 0.15) is 5.82 Å². The third-order valence-electron chi connectivity index (χ3n) is 3.16. The van der Waals surface area contributed by atoms with Gasteiger partial charge in [-0.1, -0.05) is 0 Å². The Morgan fingerprint density at radius 2 is 2.37 bits per heavy atom. The van der Waals surface area contributed by atoms with Crippen molar-refractivity contribution in [2.24, 2.45) is 0 Å². The van der Waals surface area contributed by atoms with Gasteiger partial charge in [-0.15, -0.1) is 0 Å². The molecule has 0 bridgehead atoms. The van der Waals surface area contributed by atoms with Gasteiger partial charge in [0.15, 0.2) is 0 Å². The van der Waals surface area contributed by atoms with Crippen LogP contribution in [0.1, 0.15) is 13.8 Å². The number of hydrogen-bond acceptors (Lipinski definition) is 6. The highest BCUT2D eigenvalue weighted by Gasteiger charge is 2.27. The van der Waals surface area contributed by atoms with E-state index >= 15 is 0 Å². The van der Waals surface area contributed by atoms with Gasteiger partial charge in [0.2, 0.25) is 5.88 Å². The Balaban J connectivity index is 2.21. The van der Waals surface area contributed by atoms with E-state index < -0.39 is 0 Å². The van der Waals surface area contributed by atoms with Gasteiger partial charge >= 0.3 is 0 Å². The van der Waals surface area contributed by atoms with E-state index in [0.717, 1.165) is 5.82 Å². The number of ether oxygens (including phenoxy) is 2. The number of morpholine rings is 1. The second-order valence-electron chi connectivity index (χ2n) is 4.64. The molecule has 2 heterocycles. The molecule has 2 unspecified atom stereocenters. The van der Waals surface area contributed by atoms with E-state index in [1.807, 2.05) is 13.0 Å². The lowest BCUT2D eigenvalue weighted by Crippen LogP contribution is -2.50. The fraction of sp³-hybridized carbons (Fsp3) is 0.615. The van der Waals surface area contributed by atoms with Crippen LogP contribution in [0.4, 0.5) is 11.5 Å². The summed E-state index contributed by atoms with van der Waals surface area (Å²) >= 11 is 0. The monoisotopic (exact) mass is 267 g/mol. The van der Waals surface area contributed by atoms with Crippen LogP contribution in [0, 0.1) is 0 Å². The maximum Gasteiger partial charge on any atom is 0.239 e. The summed E-state index contributed by atoms with van der Waals surface area (Å²) in [6, 6.07) is 3.87. The summed E-state index contributed by atoms with van der Waals surface area (Å²) in [6.45, 7) is 5.68. The maximum atomic E-state index is 9.21. The smallest absolute Gasteiger partial charge is 0.239 e. The molecule has 19 heavy (non-hydrogen) atoms. The minimum Gasteiger partial charge on any atom is -0.476 e. The van der Waals surface area contributed by atoms with Crippen LogP contribution in [0.3, 0.4) is 0 Å². The lowest BCUT2D eigenvalue weighted by molar-refractivity contribution is -0.0106. The molecule has 0 spiro atoms. The molecule has 1 aromatic rings. The molecule has 1 saturated heterocycles. The number of nitrogens with zero attached hydrogens (tertiary/aromatic N) is 2. The Labute approximate surface area is 113 Å². The number of nitrogens with two attached hydrogens (primary N) is 1. The Kier molecular flexibility index (Phi) is 4.44. The summed E-state index contributed by atoms with van der Waals surface area (Å²) in [5, 5.41) is 9.21. The summed E-state index contributed by atoms with van der Waals surface area (Å²) in [4.78, 5) is 6.55.